The third-order valence-electron chi connectivity index (χ3n) is 9.58. The molecule has 0 saturated heterocycles. The average molecular weight is 729 g/mol. The molecule has 1 aliphatic heterocycles. The van der Waals surface area contributed by atoms with Crippen molar-refractivity contribution < 1.29 is 9.47 Å². The molecule has 0 radical (unpaired) electrons. The van der Waals surface area contributed by atoms with Gasteiger partial charge in [0.25, 0.3) is 0 Å². The van der Waals surface area contributed by atoms with Crippen LogP contribution in [0.4, 0.5) is 0 Å². The molecule has 1 saturated carbocycles. The van der Waals surface area contributed by atoms with Gasteiger partial charge in [0, 0.05) is 57.8 Å². The van der Waals surface area contributed by atoms with Gasteiger partial charge in [0.1, 0.15) is 11.5 Å². The molecule has 0 amide bonds. The standard InChI is InChI=1S/C47H68O2S2/c1-43(2,3)25-23-33-27-37(45(7,8)9)29-35-31-50(15)39-21-19-17-18-20-22-40(39)51(16)32-36-30-38(46(10,11)12)28-34(24-26-44(4,5)6)42(36)49-47(13,14)48-41(33)35/h27-30,39-40H,15-22,31-32H2,1-14H3. The molecule has 4 rings (SSSR count). The van der Waals surface area contributed by atoms with Crippen LogP contribution in [-0.2, 0) is 22.3 Å². The number of hydrogen-bond acceptors (Lipinski definition) is 2. The van der Waals surface area contributed by atoms with E-state index in [0.29, 0.717) is 10.5 Å². The molecule has 0 spiro atoms. The number of hydrogen-bond donors (Lipinski definition) is 0. The van der Waals surface area contributed by atoms with Crippen LogP contribution in [0.2, 0.25) is 0 Å². The largest absolute Gasteiger partial charge is 0.451 e. The van der Waals surface area contributed by atoms with E-state index < -0.39 is 5.79 Å². The molecule has 2 aromatic carbocycles. The first kappa shape index (κ1) is 41.4. The third kappa shape index (κ3) is 11.5. The highest BCUT2D eigenvalue weighted by atomic mass is 32.2. The van der Waals surface area contributed by atoms with Crippen molar-refractivity contribution in [2.45, 2.75) is 174 Å². The van der Waals surface area contributed by atoms with E-state index in [0.717, 1.165) is 34.1 Å². The van der Waals surface area contributed by atoms with Crippen molar-refractivity contribution in [1.82, 2.24) is 0 Å². The maximum Gasteiger partial charge on any atom is 0.245 e. The molecule has 51 heavy (non-hydrogen) atoms. The number of rotatable bonds is 0. The zero-order valence-electron chi connectivity index (χ0n) is 34.7. The molecule has 1 fully saturated rings. The van der Waals surface area contributed by atoms with Gasteiger partial charge >= 0.3 is 0 Å². The van der Waals surface area contributed by atoms with E-state index in [9.17, 15) is 0 Å². The van der Waals surface area contributed by atoms with E-state index in [-0.39, 0.29) is 42.6 Å². The maximum atomic E-state index is 7.16. The Morgan fingerprint density at radius 2 is 0.941 bits per heavy atom. The molecule has 2 aliphatic rings. The monoisotopic (exact) mass is 728 g/mol. The number of fused-ring (bicyclic) bond motifs is 3. The zero-order valence-corrected chi connectivity index (χ0v) is 36.3. The topological polar surface area (TPSA) is 18.5 Å². The zero-order chi connectivity index (χ0) is 38.2. The molecular weight excluding hydrogens is 661 g/mol. The van der Waals surface area contributed by atoms with Gasteiger partial charge in [-0.2, -0.15) is 21.0 Å². The van der Waals surface area contributed by atoms with Crippen molar-refractivity contribution in [1.29, 1.82) is 0 Å². The second-order valence-corrected chi connectivity index (χ2v) is 23.5. The number of benzene rings is 2. The van der Waals surface area contributed by atoms with Crippen LogP contribution in [0.15, 0.2) is 24.3 Å². The Hall–Kier alpha value is -2.40. The Bertz CT molecular complexity index is 1630. The fourth-order valence-electron chi connectivity index (χ4n) is 6.70. The Morgan fingerprint density at radius 3 is 1.25 bits per heavy atom. The van der Waals surface area contributed by atoms with Crippen LogP contribution in [0.5, 0.6) is 11.5 Å². The van der Waals surface area contributed by atoms with Gasteiger partial charge in [-0.3, -0.25) is 0 Å². The lowest BCUT2D eigenvalue weighted by molar-refractivity contribution is -0.0822. The molecule has 2 aromatic rings. The van der Waals surface area contributed by atoms with E-state index >= 15 is 0 Å². The summed E-state index contributed by atoms with van der Waals surface area (Å²) in [6.07, 6.45) is 7.56. The molecule has 280 valence electrons. The Kier molecular flexibility index (Phi) is 12.6. The molecule has 0 N–H and O–H groups in total. The Balaban J connectivity index is 2.08. The summed E-state index contributed by atoms with van der Waals surface area (Å²) in [6.45, 7) is 30.8. The molecule has 4 heteroatoms. The van der Waals surface area contributed by atoms with Crippen molar-refractivity contribution in [2.24, 2.45) is 10.8 Å². The minimum Gasteiger partial charge on any atom is -0.451 e. The quantitative estimate of drug-likeness (QED) is 0.199. The number of ether oxygens (including phenoxy) is 2. The van der Waals surface area contributed by atoms with E-state index in [1.54, 1.807) is 0 Å². The van der Waals surface area contributed by atoms with Gasteiger partial charge in [0.2, 0.25) is 5.79 Å². The second kappa shape index (κ2) is 15.5. The smallest absolute Gasteiger partial charge is 0.245 e. The third-order valence-corrected chi connectivity index (χ3v) is 14.0. The highest BCUT2D eigenvalue weighted by Gasteiger charge is 2.34. The average Bonchev–Trinajstić information content (AvgIpc) is 2.94. The lowest BCUT2D eigenvalue weighted by atomic mass is 9.84. The minimum absolute atomic E-state index is 0.0485. The summed E-state index contributed by atoms with van der Waals surface area (Å²) in [5, 5.41) is 1.01. The van der Waals surface area contributed by atoms with Gasteiger partial charge in [-0.05, 0) is 88.5 Å². The first-order valence-corrected chi connectivity index (χ1v) is 22.4. The van der Waals surface area contributed by atoms with Crippen molar-refractivity contribution >= 4 is 32.7 Å². The molecular formula is C47H68O2S2. The van der Waals surface area contributed by atoms with Gasteiger partial charge < -0.3 is 9.47 Å². The van der Waals surface area contributed by atoms with E-state index in [4.69, 9.17) is 21.2 Å². The summed E-state index contributed by atoms with van der Waals surface area (Å²) >= 11 is 0. The molecule has 1 heterocycles. The SMILES string of the molecule is C=S1Cc2cc(C(C)(C)C)cc(C#CC(C)(C)C)c2OC(C)(C)Oc2c(C#CC(C)(C)C)cc(C(C)(C)C)cc2CS(=C)C2CCCCCCC21. The van der Waals surface area contributed by atoms with Crippen molar-refractivity contribution in [2.75, 3.05) is 0 Å². The van der Waals surface area contributed by atoms with Crippen LogP contribution in [-0.4, -0.2) is 28.0 Å². The fraction of sp³-hybridized carbons (Fsp3) is 0.617. The van der Waals surface area contributed by atoms with Crippen molar-refractivity contribution in [3.8, 4) is 35.2 Å². The van der Waals surface area contributed by atoms with E-state index in [1.807, 2.05) is 13.8 Å². The lowest BCUT2D eigenvalue weighted by Gasteiger charge is -2.34. The van der Waals surface area contributed by atoms with Crippen LogP contribution < -0.4 is 9.47 Å². The molecule has 0 aromatic heterocycles. The Labute approximate surface area is 318 Å². The summed E-state index contributed by atoms with van der Waals surface area (Å²) < 4.78 is 14.3. The van der Waals surface area contributed by atoms with Crippen molar-refractivity contribution in [3.05, 3.63) is 57.6 Å². The van der Waals surface area contributed by atoms with Gasteiger partial charge in [-0.15, -0.1) is 0 Å². The predicted molar refractivity (Wildman–Crippen MR) is 230 cm³/mol. The normalized spacial score (nSPS) is 23.2. The molecule has 2 nitrogen and oxygen atoms in total. The maximum absolute atomic E-state index is 7.16. The van der Waals surface area contributed by atoms with Crippen LogP contribution in [0.25, 0.3) is 0 Å². The second-order valence-electron chi connectivity index (χ2n) is 19.6. The van der Waals surface area contributed by atoms with Crippen LogP contribution >= 0.6 is 21.0 Å². The molecule has 0 bridgehead atoms. The van der Waals surface area contributed by atoms with Crippen molar-refractivity contribution in [3.63, 3.8) is 0 Å². The summed E-state index contributed by atoms with van der Waals surface area (Å²) in [4.78, 5) is 0. The summed E-state index contributed by atoms with van der Waals surface area (Å²) in [5.74, 6) is 26.6. The summed E-state index contributed by atoms with van der Waals surface area (Å²) in [6, 6.07) is 9.26. The Morgan fingerprint density at radius 1 is 0.588 bits per heavy atom. The fourth-order valence-corrected chi connectivity index (χ4v) is 11.4. The van der Waals surface area contributed by atoms with Gasteiger partial charge in [-0.1, -0.05) is 115 Å². The highest BCUT2D eigenvalue weighted by Crippen LogP contribution is 2.47. The highest BCUT2D eigenvalue weighted by molar-refractivity contribution is 8.17. The summed E-state index contributed by atoms with van der Waals surface area (Å²) in [7, 11) is -0.262. The molecule has 4 unspecified atom stereocenters. The first-order valence-electron chi connectivity index (χ1n) is 19.1. The molecule has 4 atom stereocenters. The predicted octanol–water partition coefficient (Wildman–Crippen LogP) is 12.8. The first-order chi connectivity index (χ1) is 23.3. The van der Waals surface area contributed by atoms with Gasteiger partial charge in [0.15, 0.2) is 0 Å². The summed E-state index contributed by atoms with van der Waals surface area (Å²) in [5.41, 5.74) is 6.37. The van der Waals surface area contributed by atoms with Gasteiger partial charge in [0.05, 0.1) is 11.1 Å². The lowest BCUT2D eigenvalue weighted by Crippen LogP contribution is -2.36. The van der Waals surface area contributed by atoms with Gasteiger partial charge in [-0.25, -0.2) is 0 Å². The van der Waals surface area contributed by atoms with E-state index in [1.165, 1.54) is 60.8 Å². The van der Waals surface area contributed by atoms with Crippen LogP contribution in [0.1, 0.15) is 169 Å². The van der Waals surface area contributed by atoms with Crippen LogP contribution in [0, 0.1) is 34.5 Å². The molecule has 1 aliphatic carbocycles. The van der Waals surface area contributed by atoms with E-state index in [2.05, 4.69) is 131 Å². The van der Waals surface area contributed by atoms with Crippen LogP contribution in [0.3, 0.4) is 0 Å². The minimum atomic E-state index is -1.01.